The van der Waals surface area contributed by atoms with Crippen molar-refractivity contribution in [2.24, 2.45) is 0 Å². The Bertz CT molecular complexity index is 200. The van der Waals surface area contributed by atoms with Crippen LogP contribution in [0.25, 0.3) is 0 Å². The van der Waals surface area contributed by atoms with Crippen LogP contribution < -0.4 is 5.11 Å². The first-order chi connectivity index (χ1) is 5.57. The molecule has 1 heterocycles. The number of aliphatic hydroxyl groups is 4. The van der Waals surface area contributed by atoms with Gasteiger partial charge in [0.05, 0.1) is 6.29 Å². The van der Waals surface area contributed by atoms with Crippen LogP contribution in [0.5, 0.6) is 0 Å². The van der Waals surface area contributed by atoms with Crippen molar-refractivity contribution in [1.29, 1.82) is 0 Å². The van der Waals surface area contributed by atoms with Crippen LogP contribution in [0.1, 0.15) is 0 Å². The van der Waals surface area contributed by atoms with Crippen LogP contribution in [0.2, 0.25) is 0 Å². The highest BCUT2D eigenvalue weighted by atomic mass is 16.6. The summed E-state index contributed by atoms with van der Waals surface area (Å²) >= 11 is 0. The van der Waals surface area contributed by atoms with Crippen LogP contribution in [0, 0.1) is 0 Å². The largest absolute Gasteiger partial charge is 0.819 e. The molecule has 0 aromatic heterocycles. The molecule has 3 atom stereocenters. The summed E-state index contributed by atoms with van der Waals surface area (Å²) in [5, 5.41) is 46.0. The van der Waals surface area contributed by atoms with Gasteiger partial charge in [0.2, 0.25) is 0 Å². The lowest BCUT2D eigenvalue weighted by Crippen LogP contribution is -2.51. The second-order valence-corrected chi connectivity index (χ2v) is 2.39. The lowest BCUT2D eigenvalue weighted by Gasteiger charge is -2.36. The van der Waals surface area contributed by atoms with E-state index in [1.165, 1.54) is 0 Å². The minimum atomic E-state index is -1.88. The first-order valence-electron chi connectivity index (χ1n) is 3.29. The molecule has 0 aromatic rings. The van der Waals surface area contributed by atoms with E-state index in [4.69, 9.17) is 20.4 Å². The summed E-state index contributed by atoms with van der Waals surface area (Å²) in [6.07, 6.45) is -5.26. The molecule has 70 valence electrons. The highest BCUT2D eigenvalue weighted by molar-refractivity contribution is 5.11. The van der Waals surface area contributed by atoms with E-state index < -0.39 is 36.6 Å². The molecule has 0 aliphatic carbocycles. The lowest BCUT2D eigenvalue weighted by molar-refractivity contribution is -0.509. The van der Waals surface area contributed by atoms with Crippen LogP contribution in [-0.2, 0) is 4.74 Å². The summed E-state index contributed by atoms with van der Waals surface area (Å²) in [4.78, 5) is 0. The maximum Gasteiger partial charge on any atom is 0.164 e. The first kappa shape index (κ1) is 9.27. The Morgan fingerprint density at radius 1 is 1.42 bits per heavy atom. The van der Waals surface area contributed by atoms with Gasteiger partial charge in [-0.1, -0.05) is 0 Å². The Morgan fingerprint density at radius 2 is 2.00 bits per heavy atom. The van der Waals surface area contributed by atoms with Crippen molar-refractivity contribution < 1.29 is 30.3 Å². The van der Waals surface area contributed by atoms with Crippen LogP contribution in [0.15, 0.2) is 11.5 Å². The molecule has 0 aromatic carbocycles. The van der Waals surface area contributed by atoms with E-state index in [1.54, 1.807) is 0 Å². The molecular formula is C6H9O6-. The highest BCUT2D eigenvalue weighted by Gasteiger charge is 2.32. The van der Waals surface area contributed by atoms with Gasteiger partial charge in [0.25, 0.3) is 0 Å². The van der Waals surface area contributed by atoms with Gasteiger partial charge in [-0.2, -0.15) is 0 Å². The van der Waals surface area contributed by atoms with Crippen molar-refractivity contribution in [2.45, 2.75) is 18.5 Å². The summed E-state index contributed by atoms with van der Waals surface area (Å²) in [5.41, 5.74) is 0. The second kappa shape index (κ2) is 3.28. The molecule has 3 unspecified atom stereocenters. The van der Waals surface area contributed by atoms with Gasteiger partial charge < -0.3 is 30.3 Å². The van der Waals surface area contributed by atoms with Crippen LogP contribution >= 0.6 is 0 Å². The second-order valence-electron chi connectivity index (χ2n) is 2.39. The van der Waals surface area contributed by atoms with Crippen LogP contribution in [-0.4, -0.2) is 45.5 Å². The normalized spacial score (nSPS) is 36.5. The Kier molecular flexibility index (Phi) is 2.53. The van der Waals surface area contributed by atoms with Crippen LogP contribution in [0.4, 0.5) is 0 Å². The van der Waals surface area contributed by atoms with E-state index in [0.29, 0.717) is 0 Å². The fourth-order valence-corrected chi connectivity index (χ4v) is 0.864. The zero-order chi connectivity index (χ0) is 9.30. The van der Waals surface area contributed by atoms with Crippen molar-refractivity contribution in [3.8, 4) is 0 Å². The zero-order valence-electron chi connectivity index (χ0n) is 6.04. The third-order valence-corrected chi connectivity index (χ3v) is 1.57. The number of hydrogen-bond acceptors (Lipinski definition) is 6. The van der Waals surface area contributed by atoms with Crippen molar-refractivity contribution in [3.05, 3.63) is 11.5 Å². The number of aliphatic hydroxyl groups excluding tert-OH is 4. The molecule has 0 saturated heterocycles. The van der Waals surface area contributed by atoms with E-state index >= 15 is 0 Å². The molecular weight excluding hydrogens is 168 g/mol. The van der Waals surface area contributed by atoms with E-state index in [9.17, 15) is 5.11 Å². The SMILES string of the molecule is [O-]C1OC(CO)=C(O)C(O)C1O. The Labute approximate surface area is 68.0 Å². The molecule has 0 spiro atoms. The molecule has 1 aliphatic rings. The van der Waals surface area contributed by atoms with Gasteiger partial charge in [-0.25, -0.2) is 0 Å². The van der Waals surface area contributed by atoms with Gasteiger partial charge in [0, 0.05) is 0 Å². The maximum atomic E-state index is 10.7. The summed E-state index contributed by atoms with van der Waals surface area (Å²) in [5.74, 6) is -1.09. The fraction of sp³-hybridized carbons (Fsp3) is 0.667. The third kappa shape index (κ3) is 1.37. The van der Waals surface area contributed by atoms with Crippen molar-refractivity contribution in [1.82, 2.24) is 0 Å². The summed E-state index contributed by atoms with van der Waals surface area (Å²) in [7, 11) is 0. The average molecular weight is 177 g/mol. The molecule has 6 nitrogen and oxygen atoms in total. The molecule has 6 heteroatoms. The van der Waals surface area contributed by atoms with E-state index in [2.05, 4.69) is 4.74 Å². The van der Waals surface area contributed by atoms with Gasteiger partial charge in [0.1, 0.15) is 18.8 Å². The summed E-state index contributed by atoms with van der Waals surface area (Å²) in [6.45, 7) is -0.686. The van der Waals surface area contributed by atoms with E-state index in [-0.39, 0.29) is 0 Å². The molecule has 0 amide bonds. The van der Waals surface area contributed by atoms with Crippen molar-refractivity contribution in [3.63, 3.8) is 0 Å². The first-order valence-corrected chi connectivity index (χ1v) is 3.29. The predicted octanol–water partition coefficient (Wildman–Crippen LogP) is -2.81. The maximum absolute atomic E-state index is 10.7. The molecule has 1 aliphatic heterocycles. The van der Waals surface area contributed by atoms with Gasteiger partial charge in [-0.3, -0.25) is 0 Å². The van der Waals surface area contributed by atoms with Crippen molar-refractivity contribution in [2.75, 3.05) is 6.61 Å². The summed E-state index contributed by atoms with van der Waals surface area (Å²) in [6, 6.07) is 0. The molecule has 1 rings (SSSR count). The number of rotatable bonds is 1. The fourth-order valence-electron chi connectivity index (χ4n) is 0.864. The Morgan fingerprint density at radius 3 is 2.50 bits per heavy atom. The standard InChI is InChI=1S/C6H9O6/c7-1-2-3(8)4(9)5(10)6(11)12-2/h4-10H,1H2/q-1. The zero-order valence-corrected chi connectivity index (χ0v) is 6.04. The molecule has 4 N–H and O–H groups in total. The minimum absolute atomic E-state index is 0.396. The van der Waals surface area contributed by atoms with Gasteiger partial charge in [-0.15, -0.1) is 0 Å². The minimum Gasteiger partial charge on any atom is -0.819 e. The van der Waals surface area contributed by atoms with Gasteiger partial charge in [-0.05, 0) is 0 Å². The van der Waals surface area contributed by atoms with Crippen LogP contribution in [0.3, 0.4) is 0 Å². The molecule has 0 saturated carbocycles. The lowest BCUT2D eigenvalue weighted by atomic mass is 10.1. The Balaban J connectivity index is 2.87. The third-order valence-electron chi connectivity index (χ3n) is 1.57. The predicted molar refractivity (Wildman–Crippen MR) is 33.6 cm³/mol. The highest BCUT2D eigenvalue weighted by Crippen LogP contribution is 2.19. The van der Waals surface area contributed by atoms with Gasteiger partial charge in [0.15, 0.2) is 11.5 Å². The van der Waals surface area contributed by atoms with Crippen molar-refractivity contribution >= 4 is 0 Å². The van der Waals surface area contributed by atoms with Gasteiger partial charge >= 0.3 is 0 Å². The number of ether oxygens (including phenoxy) is 1. The average Bonchev–Trinajstić information content (AvgIpc) is 2.08. The quantitative estimate of drug-likeness (QED) is 0.344. The molecule has 0 bridgehead atoms. The molecule has 0 fully saturated rings. The molecule has 12 heavy (non-hydrogen) atoms. The number of hydrogen-bond donors (Lipinski definition) is 4. The van der Waals surface area contributed by atoms with E-state index in [1.807, 2.05) is 0 Å². The monoisotopic (exact) mass is 177 g/mol. The molecule has 0 radical (unpaired) electrons. The smallest absolute Gasteiger partial charge is 0.164 e. The van der Waals surface area contributed by atoms with E-state index in [0.717, 1.165) is 0 Å². The topological polar surface area (TPSA) is 113 Å². The summed E-state index contributed by atoms with van der Waals surface area (Å²) < 4.78 is 4.34. The Hall–Kier alpha value is -0.820.